The van der Waals surface area contributed by atoms with Crippen molar-refractivity contribution in [2.45, 2.75) is 37.6 Å². The smallest absolute Gasteiger partial charge is 0.337 e. The predicted octanol–water partition coefficient (Wildman–Crippen LogP) is 2.45. The van der Waals surface area contributed by atoms with E-state index in [-0.39, 0.29) is 33.2 Å². The normalized spacial score (nSPS) is 12.2. The van der Waals surface area contributed by atoms with Crippen LogP contribution in [0.25, 0.3) is 0 Å². The van der Waals surface area contributed by atoms with E-state index >= 15 is 0 Å². The highest BCUT2D eigenvalue weighted by atomic mass is 35.5. The van der Waals surface area contributed by atoms with Crippen LogP contribution in [-0.4, -0.2) is 33.0 Å². The maximum absolute atomic E-state index is 12.1. The summed E-state index contributed by atoms with van der Waals surface area (Å²) in [5.74, 6) is -1.70. The Bertz CT molecular complexity index is 558. The molecule has 0 saturated heterocycles. The Hall–Kier alpha value is -1.40. The van der Waals surface area contributed by atoms with Crippen molar-refractivity contribution in [2.24, 2.45) is 0 Å². The summed E-state index contributed by atoms with van der Waals surface area (Å²) in [4.78, 5) is 23.0. The zero-order chi connectivity index (χ0) is 16.0. The fraction of sp³-hybridized carbons (Fsp3) is 0.429. The molecule has 0 bridgehead atoms. The van der Waals surface area contributed by atoms with Crippen molar-refractivity contribution in [1.29, 1.82) is 0 Å². The highest BCUT2D eigenvalue weighted by molar-refractivity contribution is 7.85. The molecule has 0 heterocycles. The van der Waals surface area contributed by atoms with Crippen molar-refractivity contribution < 1.29 is 18.9 Å². The average Bonchev–Trinajstić information content (AvgIpc) is 2.44. The van der Waals surface area contributed by atoms with E-state index in [4.69, 9.17) is 16.7 Å². The molecule has 0 saturated carbocycles. The van der Waals surface area contributed by atoms with Crippen LogP contribution in [0.2, 0.25) is 5.02 Å². The van der Waals surface area contributed by atoms with E-state index in [1.165, 1.54) is 18.2 Å². The van der Waals surface area contributed by atoms with Crippen molar-refractivity contribution in [3.63, 3.8) is 0 Å². The molecule has 0 aliphatic rings. The van der Waals surface area contributed by atoms with Gasteiger partial charge in [-0.3, -0.25) is 9.00 Å². The molecule has 0 aliphatic heterocycles. The van der Waals surface area contributed by atoms with Gasteiger partial charge in [0.1, 0.15) is 5.75 Å². The molecule has 5 nitrogen and oxygen atoms in total. The summed E-state index contributed by atoms with van der Waals surface area (Å²) >= 11 is 5.75. The standard InChI is InChI=1S/C14H18ClNO4S/c1-3-9(4-2)16-13(17)8-21(20)10-5-6-12(15)11(7-10)14(18)19/h5-7,9H,3-4,8H2,1-2H3,(H,16,17)(H,18,19). The molecular weight excluding hydrogens is 314 g/mol. The third-order valence-corrected chi connectivity index (χ3v) is 4.68. The highest BCUT2D eigenvalue weighted by Crippen LogP contribution is 2.19. The summed E-state index contributed by atoms with van der Waals surface area (Å²) in [6.45, 7) is 3.92. The summed E-state index contributed by atoms with van der Waals surface area (Å²) in [5.41, 5.74) is -0.122. The molecule has 0 aromatic heterocycles. The number of nitrogens with one attached hydrogen (secondary N) is 1. The number of halogens is 1. The first-order valence-corrected chi connectivity index (χ1v) is 8.29. The van der Waals surface area contributed by atoms with Gasteiger partial charge in [0, 0.05) is 10.9 Å². The second-order valence-electron chi connectivity index (χ2n) is 4.52. The lowest BCUT2D eigenvalue weighted by Gasteiger charge is -2.14. The number of hydrogen-bond donors (Lipinski definition) is 2. The van der Waals surface area contributed by atoms with Gasteiger partial charge in [0.05, 0.1) is 21.4 Å². The summed E-state index contributed by atoms with van der Waals surface area (Å²) in [6.07, 6.45) is 1.61. The Labute approximate surface area is 131 Å². The number of carbonyl (C=O) groups excluding carboxylic acids is 1. The lowest BCUT2D eigenvalue weighted by atomic mass is 10.2. The van der Waals surface area contributed by atoms with Crippen molar-refractivity contribution in [3.05, 3.63) is 28.8 Å². The van der Waals surface area contributed by atoms with E-state index < -0.39 is 16.8 Å². The molecule has 7 heteroatoms. The molecular formula is C14H18ClNO4S. The summed E-state index contributed by atoms with van der Waals surface area (Å²) in [5, 5.41) is 11.8. The minimum atomic E-state index is -1.60. The molecule has 1 aromatic carbocycles. The second-order valence-corrected chi connectivity index (χ2v) is 6.38. The predicted molar refractivity (Wildman–Crippen MR) is 82.2 cm³/mol. The van der Waals surface area contributed by atoms with Crippen LogP contribution in [-0.2, 0) is 15.6 Å². The number of amides is 1. The topological polar surface area (TPSA) is 83.5 Å². The molecule has 1 atom stereocenters. The van der Waals surface area contributed by atoms with Crippen LogP contribution < -0.4 is 5.32 Å². The van der Waals surface area contributed by atoms with Crippen LogP contribution in [0, 0.1) is 0 Å². The molecule has 1 unspecified atom stereocenters. The van der Waals surface area contributed by atoms with Gasteiger partial charge in [0.25, 0.3) is 0 Å². The SMILES string of the molecule is CCC(CC)NC(=O)CS(=O)c1ccc(Cl)c(C(=O)O)c1. The Kier molecular flexibility index (Phi) is 6.84. The number of aromatic carboxylic acids is 1. The van der Waals surface area contributed by atoms with Crippen molar-refractivity contribution in [3.8, 4) is 0 Å². The van der Waals surface area contributed by atoms with Crippen LogP contribution in [0.15, 0.2) is 23.1 Å². The van der Waals surface area contributed by atoms with Gasteiger partial charge in [0.15, 0.2) is 0 Å². The van der Waals surface area contributed by atoms with Gasteiger partial charge in [-0.1, -0.05) is 25.4 Å². The summed E-state index contributed by atoms with van der Waals surface area (Å²) < 4.78 is 12.1. The molecule has 0 radical (unpaired) electrons. The third-order valence-electron chi connectivity index (χ3n) is 3.04. The van der Waals surface area contributed by atoms with Gasteiger partial charge in [-0.2, -0.15) is 0 Å². The molecule has 0 spiro atoms. The number of carboxylic acids is 1. The van der Waals surface area contributed by atoms with E-state index in [1.807, 2.05) is 13.8 Å². The van der Waals surface area contributed by atoms with Gasteiger partial charge in [-0.05, 0) is 31.0 Å². The number of carbonyl (C=O) groups is 2. The monoisotopic (exact) mass is 331 g/mol. The van der Waals surface area contributed by atoms with Crippen molar-refractivity contribution >= 4 is 34.3 Å². The van der Waals surface area contributed by atoms with Gasteiger partial charge in [-0.25, -0.2) is 4.79 Å². The van der Waals surface area contributed by atoms with Crippen molar-refractivity contribution in [2.75, 3.05) is 5.75 Å². The molecule has 0 fully saturated rings. The number of carboxylic acid groups (broad SMARTS) is 1. The van der Waals surface area contributed by atoms with Crippen molar-refractivity contribution in [1.82, 2.24) is 5.32 Å². The van der Waals surface area contributed by atoms with Crippen LogP contribution in [0.3, 0.4) is 0 Å². The average molecular weight is 332 g/mol. The van der Waals surface area contributed by atoms with E-state index in [9.17, 15) is 13.8 Å². The van der Waals surface area contributed by atoms with Gasteiger partial charge >= 0.3 is 5.97 Å². The first-order valence-electron chi connectivity index (χ1n) is 6.59. The Balaban J connectivity index is 2.78. The maximum atomic E-state index is 12.1. The number of benzene rings is 1. The van der Waals surface area contributed by atoms with E-state index in [0.29, 0.717) is 0 Å². The minimum absolute atomic E-state index is 0.0642. The fourth-order valence-electron chi connectivity index (χ4n) is 1.77. The lowest BCUT2D eigenvalue weighted by molar-refractivity contribution is -0.119. The van der Waals surface area contributed by atoms with E-state index in [1.54, 1.807) is 0 Å². The molecule has 0 aliphatic carbocycles. The molecule has 116 valence electrons. The molecule has 1 amide bonds. The third kappa shape index (κ3) is 5.13. The fourth-order valence-corrected chi connectivity index (χ4v) is 2.93. The minimum Gasteiger partial charge on any atom is -0.478 e. The van der Waals surface area contributed by atoms with Crippen LogP contribution in [0.5, 0.6) is 0 Å². The summed E-state index contributed by atoms with van der Waals surface area (Å²) in [7, 11) is -1.60. The second kappa shape index (κ2) is 8.14. The number of rotatable bonds is 7. The largest absolute Gasteiger partial charge is 0.478 e. The lowest BCUT2D eigenvalue weighted by Crippen LogP contribution is -2.36. The van der Waals surface area contributed by atoms with Crippen LogP contribution in [0.1, 0.15) is 37.0 Å². The first kappa shape index (κ1) is 17.7. The van der Waals surface area contributed by atoms with Gasteiger partial charge < -0.3 is 10.4 Å². The zero-order valence-corrected chi connectivity index (χ0v) is 13.5. The highest BCUT2D eigenvalue weighted by Gasteiger charge is 2.16. The molecule has 1 aromatic rings. The zero-order valence-electron chi connectivity index (χ0n) is 11.9. The van der Waals surface area contributed by atoms with E-state index in [2.05, 4.69) is 5.32 Å². The number of hydrogen-bond acceptors (Lipinski definition) is 3. The van der Waals surface area contributed by atoms with E-state index in [0.717, 1.165) is 12.8 Å². The summed E-state index contributed by atoms with van der Waals surface area (Å²) in [6, 6.07) is 4.15. The Morgan fingerprint density at radius 2 is 1.95 bits per heavy atom. The quantitative estimate of drug-likeness (QED) is 0.804. The Morgan fingerprint density at radius 1 is 1.33 bits per heavy atom. The molecule has 1 rings (SSSR count). The van der Waals surface area contributed by atoms with Gasteiger partial charge in [0.2, 0.25) is 5.91 Å². The maximum Gasteiger partial charge on any atom is 0.337 e. The van der Waals surface area contributed by atoms with Crippen LogP contribution >= 0.6 is 11.6 Å². The van der Waals surface area contributed by atoms with Gasteiger partial charge in [-0.15, -0.1) is 0 Å². The Morgan fingerprint density at radius 3 is 2.48 bits per heavy atom. The molecule has 21 heavy (non-hydrogen) atoms. The molecule has 2 N–H and O–H groups in total. The first-order chi connectivity index (χ1) is 9.88. The van der Waals surface area contributed by atoms with Crippen LogP contribution in [0.4, 0.5) is 0 Å².